The van der Waals surface area contributed by atoms with Gasteiger partial charge in [0, 0.05) is 59.0 Å². The van der Waals surface area contributed by atoms with Gasteiger partial charge in [0.05, 0.1) is 40.6 Å². The van der Waals surface area contributed by atoms with Crippen LogP contribution < -0.4 is 9.62 Å². The van der Waals surface area contributed by atoms with Crippen molar-refractivity contribution in [3.63, 3.8) is 0 Å². The van der Waals surface area contributed by atoms with Crippen LogP contribution in [0.5, 0.6) is 0 Å². The molecule has 0 aliphatic heterocycles. The van der Waals surface area contributed by atoms with E-state index in [4.69, 9.17) is 30.9 Å². The first-order valence-corrected chi connectivity index (χ1v) is 27.4. The fourth-order valence-electron chi connectivity index (χ4n) is 8.31. The number of ether oxygens (including phenoxy) is 2. The number of carboxylic acid groups (broad SMARTS) is 1. The number of fused-ring (bicyclic) bond motifs is 2. The SMILES string of the molecule is CSN(C(=O)OCCN(CCC(=O)O)C(=O)OCOP(O)O)c1nn(CC(F)(F)F)c2c(-c3ccc(C#CC(C)(C)S(C)=O)nc3C(Cc3cc(F)cc(F)c3)NC(=O)Cn3nc(C(F)(F)F)c4c3C(F)(F)C[C@@H]4C)ccc(Cl)c12. The molecule has 1 aliphatic rings. The number of nitrogens with one attached hydrogen (secondary N) is 1. The van der Waals surface area contributed by atoms with Crippen molar-refractivity contribution < 1.29 is 96.2 Å². The zero-order valence-electron chi connectivity index (χ0n) is 42.2. The number of carbonyl (C=O) groups is 4. The number of aromatic nitrogens is 5. The summed E-state index contributed by atoms with van der Waals surface area (Å²) in [4.78, 5) is 75.3. The van der Waals surface area contributed by atoms with Crippen LogP contribution in [0, 0.1) is 23.5 Å². The Morgan fingerprint density at radius 2 is 1.65 bits per heavy atom. The van der Waals surface area contributed by atoms with Gasteiger partial charge in [0.2, 0.25) is 12.7 Å². The fraction of sp³-hybridized carbons (Fsp3) is 0.426. The first kappa shape index (κ1) is 62.9. The van der Waals surface area contributed by atoms with Crippen molar-refractivity contribution in [1.82, 2.24) is 34.8 Å². The van der Waals surface area contributed by atoms with E-state index in [1.807, 2.05) is 0 Å². The van der Waals surface area contributed by atoms with Gasteiger partial charge in [-0.2, -0.15) is 49.6 Å². The molecule has 0 saturated heterocycles. The molecular formula is C47H46ClF10N8O11PS2. The Hall–Kier alpha value is -6.29. The van der Waals surface area contributed by atoms with Gasteiger partial charge in [0.25, 0.3) is 5.92 Å². The summed E-state index contributed by atoms with van der Waals surface area (Å²) in [5, 5.41) is 18.5. The molecule has 3 aromatic heterocycles. The van der Waals surface area contributed by atoms with E-state index in [1.54, 1.807) is 0 Å². The maximum atomic E-state index is 15.5. The van der Waals surface area contributed by atoms with Gasteiger partial charge in [-0.1, -0.05) is 30.5 Å². The lowest BCUT2D eigenvalue weighted by Gasteiger charge is -2.23. The molecule has 3 atom stereocenters. The molecule has 0 bridgehead atoms. The molecule has 0 fully saturated rings. The van der Waals surface area contributed by atoms with Gasteiger partial charge in [0.1, 0.15) is 47.5 Å². The van der Waals surface area contributed by atoms with Crippen molar-refractivity contribution in [2.24, 2.45) is 0 Å². The number of alkyl halides is 8. The highest BCUT2D eigenvalue weighted by atomic mass is 35.5. The van der Waals surface area contributed by atoms with Gasteiger partial charge in [-0.15, -0.1) is 0 Å². The Labute approximate surface area is 460 Å². The largest absolute Gasteiger partial charge is 0.481 e. The minimum absolute atomic E-state index is 0.167. The third-order valence-corrected chi connectivity index (χ3v) is 14.8. The summed E-state index contributed by atoms with van der Waals surface area (Å²) in [5.41, 5.74) is -5.37. The molecule has 0 spiro atoms. The zero-order chi connectivity index (χ0) is 59.4. The molecule has 4 N–H and O–H groups in total. The van der Waals surface area contributed by atoms with Crippen LogP contribution in [-0.4, -0.2) is 123 Å². The summed E-state index contributed by atoms with van der Waals surface area (Å²) in [6.45, 7) is -1.80. The predicted octanol–water partition coefficient (Wildman–Crippen LogP) is 9.34. The summed E-state index contributed by atoms with van der Waals surface area (Å²) >= 11 is 7.29. The van der Waals surface area contributed by atoms with Crippen LogP contribution in [-0.2, 0) is 66.0 Å². The van der Waals surface area contributed by atoms with E-state index in [0.717, 1.165) is 24.0 Å². The molecule has 3 amide bonds. The van der Waals surface area contributed by atoms with E-state index < -0.39 is 177 Å². The monoisotopic (exact) mass is 1220 g/mol. The van der Waals surface area contributed by atoms with Gasteiger partial charge in [-0.3, -0.25) is 27.7 Å². The number of pyridine rings is 1. The minimum atomic E-state index is -5.24. The molecule has 5 aromatic rings. The molecule has 0 saturated carbocycles. The van der Waals surface area contributed by atoms with Crippen LogP contribution in [0.1, 0.15) is 79.5 Å². The Morgan fingerprint density at radius 1 is 0.988 bits per heavy atom. The number of anilines is 1. The first-order chi connectivity index (χ1) is 37.2. The van der Waals surface area contributed by atoms with E-state index >= 15 is 8.78 Å². The molecule has 1 aliphatic carbocycles. The topological polar surface area (TPSA) is 241 Å². The van der Waals surface area contributed by atoms with Crippen LogP contribution in [0.3, 0.4) is 0 Å². The molecule has 80 heavy (non-hydrogen) atoms. The van der Waals surface area contributed by atoms with Crippen molar-refractivity contribution in [3.05, 3.63) is 93.0 Å². The van der Waals surface area contributed by atoms with Crippen molar-refractivity contribution in [1.29, 1.82) is 0 Å². The minimum Gasteiger partial charge on any atom is -0.481 e. The zero-order valence-corrected chi connectivity index (χ0v) is 45.5. The number of amides is 3. The number of hydrogen-bond donors (Lipinski definition) is 4. The molecular weight excluding hydrogens is 1170 g/mol. The molecule has 0 radical (unpaired) electrons. The van der Waals surface area contributed by atoms with Crippen LogP contribution in [0.2, 0.25) is 5.02 Å². The highest BCUT2D eigenvalue weighted by molar-refractivity contribution is 8.00. The van der Waals surface area contributed by atoms with E-state index in [-0.39, 0.29) is 43.2 Å². The van der Waals surface area contributed by atoms with Crippen LogP contribution in [0.25, 0.3) is 22.0 Å². The average Bonchev–Trinajstić information content (AvgIpc) is 3.98. The van der Waals surface area contributed by atoms with Crippen molar-refractivity contribution in [3.8, 4) is 23.0 Å². The van der Waals surface area contributed by atoms with E-state index in [1.165, 1.54) is 50.6 Å². The van der Waals surface area contributed by atoms with E-state index in [0.29, 0.717) is 27.0 Å². The summed E-state index contributed by atoms with van der Waals surface area (Å²) in [5.74, 6) is -5.22. The normalized spacial score (nSPS) is 15.0. The number of carbonyl (C=O) groups excluding carboxylic acids is 3. The Kier molecular flexibility index (Phi) is 19.8. The lowest BCUT2D eigenvalue weighted by Crippen LogP contribution is -2.37. The third kappa shape index (κ3) is 15.4. The van der Waals surface area contributed by atoms with Crippen LogP contribution in [0.4, 0.5) is 59.3 Å². The smallest absolute Gasteiger partial charge is 0.435 e. The maximum Gasteiger partial charge on any atom is 0.435 e. The molecule has 6 rings (SSSR count). The van der Waals surface area contributed by atoms with Gasteiger partial charge in [-0.25, -0.2) is 23.4 Å². The molecule has 19 nitrogen and oxygen atoms in total. The molecule has 2 aromatic carbocycles. The summed E-state index contributed by atoms with van der Waals surface area (Å²) in [7, 11) is -4.54. The number of aliphatic carboxylic acids is 1. The van der Waals surface area contributed by atoms with Gasteiger partial charge in [-0.05, 0) is 79.9 Å². The Balaban J connectivity index is 1.52. The lowest BCUT2D eigenvalue weighted by atomic mass is 9.93. The average molecular weight is 1220 g/mol. The van der Waals surface area contributed by atoms with Gasteiger partial charge >= 0.3 is 39.1 Å². The molecule has 33 heteroatoms. The number of benzene rings is 2. The number of hydrogen-bond acceptors (Lipinski definition) is 14. The second-order valence-corrected chi connectivity index (χ2v) is 21.9. The third-order valence-electron chi connectivity index (χ3n) is 11.9. The van der Waals surface area contributed by atoms with E-state index in [9.17, 15) is 63.6 Å². The van der Waals surface area contributed by atoms with Gasteiger partial charge in [0.15, 0.2) is 11.5 Å². The summed E-state index contributed by atoms with van der Waals surface area (Å²) in [6.07, 6.45) is -12.6. The number of halogens is 11. The highest BCUT2D eigenvalue weighted by Gasteiger charge is 2.53. The lowest BCUT2D eigenvalue weighted by molar-refractivity contribution is -0.143. The fourth-order valence-corrected chi connectivity index (χ4v) is 9.39. The summed E-state index contributed by atoms with van der Waals surface area (Å²) in [6, 6.07) is 5.31. The maximum absolute atomic E-state index is 15.5. The quantitative estimate of drug-likeness (QED) is 0.0187. The second-order valence-electron chi connectivity index (χ2n) is 18.1. The molecule has 3 heterocycles. The second kappa shape index (κ2) is 25.2. The van der Waals surface area contributed by atoms with Crippen LogP contribution in [0.15, 0.2) is 42.5 Å². The van der Waals surface area contributed by atoms with Crippen molar-refractivity contribution in [2.75, 3.05) is 43.3 Å². The number of nitrogens with zero attached hydrogens (tertiary/aromatic N) is 7. The van der Waals surface area contributed by atoms with Crippen molar-refractivity contribution in [2.45, 2.75) is 88.1 Å². The molecule has 2 unspecified atom stereocenters. The van der Waals surface area contributed by atoms with E-state index in [2.05, 4.69) is 36.9 Å². The standard InChI is InChI=1S/C47H46ClF10N8O11PS2/c1-24-20-45(51,52)40-35(24)39(47(56,57)58)61-64(40)21-33(67)60-32(18-25-16-26(49)19-27(50)17-25)37-29(7-6-28(59-37)10-12-44(2,3)80(5)74)30-8-9-31(48)36-38(30)65(22-46(53,54)55)62-41(36)66(79-4)43(71)75-15-14-63(13-11-34(68)69)42(70)76-23-77-78(72)73/h6-9,16-17,19,24,32,72-73H,11,13-15,18,20-23H2,1-5H3,(H,60,67)(H,68,69)/t24-,32?,80?/m0/s1. The predicted molar refractivity (Wildman–Crippen MR) is 269 cm³/mol. The highest BCUT2D eigenvalue weighted by Crippen LogP contribution is 2.52. The van der Waals surface area contributed by atoms with Gasteiger partial charge < -0.3 is 34.6 Å². The van der Waals surface area contributed by atoms with Crippen LogP contribution >= 0.6 is 32.2 Å². The number of rotatable bonds is 20. The van der Waals surface area contributed by atoms with Crippen molar-refractivity contribution >= 4 is 83.7 Å². The Morgan fingerprint density at radius 3 is 2.25 bits per heavy atom. The Bertz CT molecular complexity index is 3240. The number of carboxylic acids is 1. The first-order valence-electron chi connectivity index (χ1n) is 23.1. The molecule has 434 valence electrons. The summed E-state index contributed by atoms with van der Waals surface area (Å²) < 4.78 is 175.